The maximum Gasteiger partial charge on any atom is 1.00 e. The summed E-state index contributed by atoms with van der Waals surface area (Å²) in [5.74, 6) is -0.629. The molecule has 1 aliphatic carbocycles. The van der Waals surface area contributed by atoms with E-state index in [1.54, 1.807) is 0 Å². The van der Waals surface area contributed by atoms with Gasteiger partial charge in [0.2, 0.25) is 0 Å². The molecule has 0 aliphatic heterocycles. The molecule has 0 unspecified atom stereocenters. The third kappa shape index (κ3) is 2.51. The number of nitrogens with zero attached hydrogens (tertiary/aromatic N) is 2. The standard InChI is InChI=1S/C10H6N2O4S.Na/c11-12-8-5-9(17(14,15)16)6-3-1-2-4-7(6)10(8)13;/h1-5H,(H,14,15,16);/q;+1/p-1. The van der Waals surface area contributed by atoms with Crippen LogP contribution in [0.15, 0.2) is 30.3 Å². The first-order chi connectivity index (χ1) is 7.95. The summed E-state index contributed by atoms with van der Waals surface area (Å²) in [6.07, 6.45) is 0.771. The van der Waals surface area contributed by atoms with Gasteiger partial charge < -0.3 is 10.1 Å². The summed E-state index contributed by atoms with van der Waals surface area (Å²) >= 11 is 0. The molecule has 86 valence electrons. The molecule has 0 saturated carbocycles. The van der Waals surface area contributed by atoms with E-state index in [4.69, 9.17) is 5.53 Å². The van der Waals surface area contributed by atoms with E-state index in [2.05, 4.69) is 4.79 Å². The molecule has 0 amide bonds. The van der Waals surface area contributed by atoms with Crippen LogP contribution in [0.4, 0.5) is 0 Å². The zero-order valence-corrected chi connectivity index (χ0v) is 12.1. The van der Waals surface area contributed by atoms with Gasteiger partial charge in [-0.25, -0.2) is 8.42 Å². The molecular formula is C10H5N2NaO4S. The first kappa shape index (κ1) is 15.0. The molecule has 0 fully saturated rings. The summed E-state index contributed by atoms with van der Waals surface area (Å²) in [5, 5.41) is 0. The molecule has 6 nitrogen and oxygen atoms in total. The maximum absolute atomic E-state index is 11.7. The monoisotopic (exact) mass is 272 g/mol. The number of fused-ring (bicyclic) bond motifs is 1. The molecule has 0 aromatic heterocycles. The topological polar surface area (TPSA) is 111 Å². The van der Waals surface area contributed by atoms with Gasteiger partial charge in [0, 0.05) is 11.1 Å². The van der Waals surface area contributed by atoms with Gasteiger partial charge in [0.15, 0.2) is 0 Å². The third-order valence-corrected chi connectivity index (χ3v) is 3.19. The molecule has 0 saturated heterocycles. The van der Waals surface area contributed by atoms with Gasteiger partial charge in [0.25, 0.3) is 5.78 Å². The first-order valence-electron chi connectivity index (χ1n) is 4.49. The summed E-state index contributed by atoms with van der Waals surface area (Å²) in [5.41, 5.74) is 8.18. The minimum absolute atomic E-state index is 0. The molecule has 2 rings (SSSR count). The van der Waals surface area contributed by atoms with Crippen LogP contribution in [-0.4, -0.2) is 29.3 Å². The minimum Gasteiger partial charge on any atom is -0.744 e. The fourth-order valence-electron chi connectivity index (χ4n) is 1.58. The van der Waals surface area contributed by atoms with Gasteiger partial charge in [0.05, 0.1) is 11.0 Å². The summed E-state index contributed by atoms with van der Waals surface area (Å²) in [4.78, 5) is 13.8. The number of ketones is 1. The molecule has 18 heavy (non-hydrogen) atoms. The Bertz CT molecular complexity index is 702. The SMILES string of the molecule is [N-]=[N+]=C1C=C(S(=O)(=O)[O-])c2ccccc2C1=O.[Na+]. The molecule has 0 spiro atoms. The van der Waals surface area contributed by atoms with Crippen LogP contribution in [0.3, 0.4) is 0 Å². The predicted octanol–water partition coefficient (Wildman–Crippen LogP) is -2.56. The van der Waals surface area contributed by atoms with Crippen molar-refractivity contribution in [2.75, 3.05) is 0 Å². The first-order valence-corrected chi connectivity index (χ1v) is 5.89. The maximum atomic E-state index is 11.7. The Kier molecular flexibility index (Phi) is 4.39. The minimum atomic E-state index is -4.74. The second-order valence-corrected chi connectivity index (χ2v) is 4.67. The van der Waals surface area contributed by atoms with E-state index in [0.717, 1.165) is 6.08 Å². The van der Waals surface area contributed by atoms with Crippen molar-refractivity contribution in [3.05, 3.63) is 47.0 Å². The van der Waals surface area contributed by atoms with Crippen LogP contribution < -0.4 is 29.6 Å². The Labute approximate surface area is 125 Å². The normalized spacial score (nSPS) is 14.2. The van der Waals surface area contributed by atoms with E-state index in [0.29, 0.717) is 0 Å². The van der Waals surface area contributed by atoms with Gasteiger partial charge in [-0.3, -0.25) is 4.79 Å². The molecule has 0 radical (unpaired) electrons. The van der Waals surface area contributed by atoms with E-state index in [-0.39, 0.29) is 40.7 Å². The van der Waals surface area contributed by atoms with Crippen LogP contribution in [0, 0.1) is 0 Å². The van der Waals surface area contributed by atoms with Gasteiger partial charge in [-0.05, 0) is 0 Å². The summed E-state index contributed by atoms with van der Waals surface area (Å²) in [6, 6.07) is 5.74. The number of rotatable bonds is 1. The third-order valence-electron chi connectivity index (χ3n) is 2.31. The zero-order valence-electron chi connectivity index (χ0n) is 9.32. The molecule has 0 heterocycles. The van der Waals surface area contributed by atoms with Gasteiger partial charge in [-0.1, -0.05) is 24.3 Å². The van der Waals surface area contributed by atoms with Crippen molar-refractivity contribution in [1.29, 1.82) is 0 Å². The average Bonchev–Trinajstić information content (AvgIpc) is 2.28. The second-order valence-electron chi connectivity index (χ2n) is 3.32. The number of hydrogen-bond acceptors (Lipinski definition) is 4. The van der Waals surface area contributed by atoms with E-state index in [1.165, 1.54) is 24.3 Å². The van der Waals surface area contributed by atoms with Gasteiger partial charge in [-0.2, -0.15) is 4.79 Å². The van der Waals surface area contributed by atoms with E-state index < -0.39 is 26.5 Å². The molecule has 0 bridgehead atoms. The van der Waals surface area contributed by atoms with Crippen LogP contribution in [0.1, 0.15) is 15.9 Å². The van der Waals surface area contributed by atoms with E-state index in [9.17, 15) is 17.8 Å². The fourth-order valence-corrected chi connectivity index (χ4v) is 2.29. The average molecular weight is 272 g/mol. The Morgan fingerprint density at radius 2 is 1.72 bits per heavy atom. The Balaban J connectivity index is 0.00000162. The van der Waals surface area contributed by atoms with Crippen LogP contribution in [0.25, 0.3) is 10.4 Å². The number of benzene rings is 1. The van der Waals surface area contributed by atoms with E-state index in [1.807, 2.05) is 0 Å². The molecule has 0 atom stereocenters. The summed E-state index contributed by atoms with van der Waals surface area (Å²) in [6.45, 7) is 0. The molecule has 8 heteroatoms. The van der Waals surface area contributed by atoms with Crippen molar-refractivity contribution in [3.8, 4) is 0 Å². The van der Waals surface area contributed by atoms with Crippen molar-refractivity contribution >= 4 is 26.5 Å². The number of allylic oxidation sites excluding steroid dienone is 1. The summed E-state index contributed by atoms with van der Waals surface area (Å²) < 4.78 is 33.1. The van der Waals surface area contributed by atoms with Gasteiger partial charge in [-0.15, -0.1) is 0 Å². The Morgan fingerprint density at radius 1 is 1.17 bits per heavy atom. The Hall–Kier alpha value is -1.08. The molecule has 0 N–H and O–H groups in total. The van der Waals surface area contributed by atoms with Gasteiger partial charge in [0.1, 0.15) is 10.1 Å². The number of carbonyl (C=O) groups is 1. The molecule has 1 aliphatic rings. The largest absolute Gasteiger partial charge is 1.00 e. The molecule has 1 aromatic carbocycles. The van der Waals surface area contributed by atoms with Crippen LogP contribution >= 0.6 is 0 Å². The van der Waals surface area contributed by atoms with Crippen molar-refractivity contribution in [2.45, 2.75) is 0 Å². The number of carbonyl (C=O) groups excluding carboxylic acids is 1. The molecule has 1 aromatic rings. The number of hydrogen-bond donors (Lipinski definition) is 0. The van der Waals surface area contributed by atoms with Crippen molar-refractivity contribution in [3.63, 3.8) is 0 Å². The smallest absolute Gasteiger partial charge is 0.744 e. The number of Topliss-reactive ketones (excluding diaryl/α,β-unsaturated/α-hetero) is 1. The van der Waals surface area contributed by atoms with E-state index >= 15 is 0 Å². The predicted molar refractivity (Wildman–Crippen MR) is 57.1 cm³/mol. The summed E-state index contributed by atoms with van der Waals surface area (Å²) in [7, 11) is -4.74. The van der Waals surface area contributed by atoms with Crippen LogP contribution in [-0.2, 0) is 10.1 Å². The quantitative estimate of drug-likeness (QED) is 0.242. The van der Waals surface area contributed by atoms with Crippen LogP contribution in [0.5, 0.6) is 0 Å². The van der Waals surface area contributed by atoms with Gasteiger partial charge >= 0.3 is 35.3 Å². The van der Waals surface area contributed by atoms with Crippen molar-refractivity contribution < 1.29 is 52.1 Å². The fraction of sp³-hybridized carbons (Fsp3) is 0. The van der Waals surface area contributed by atoms with Crippen LogP contribution in [0.2, 0.25) is 0 Å². The second kappa shape index (κ2) is 5.27. The Morgan fingerprint density at radius 3 is 2.22 bits per heavy atom. The van der Waals surface area contributed by atoms with Crippen molar-refractivity contribution in [2.24, 2.45) is 0 Å². The van der Waals surface area contributed by atoms with Crippen molar-refractivity contribution in [1.82, 2.24) is 0 Å². The zero-order chi connectivity index (χ0) is 12.6. The molecular weight excluding hydrogens is 267 g/mol.